The van der Waals surface area contributed by atoms with Crippen LogP contribution >= 0.6 is 11.3 Å². The lowest BCUT2D eigenvalue weighted by molar-refractivity contribution is -0.142. The molecule has 0 aromatic carbocycles. The van der Waals surface area contributed by atoms with E-state index in [4.69, 9.17) is 0 Å². The second kappa shape index (κ2) is 6.71. The van der Waals surface area contributed by atoms with Crippen molar-refractivity contribution in [2.24, 2.45) is 18.9 Å². The van der Waals surface area contributed by atoms with Gasteiger partial charge in [-0.1, -0.05) is 6.92 Å². The Balaban J connectivity index is 1.67. The van der Waals surface area contributed by atoms with Gasteiger partial charge in [0.25, 0.3) is 5.91 Å². The zero-order valence-corrected chi connectivity index (χ0v) is 16.0. The molecule has 0 aliphatic carbocycles. The largest absolute Gasteiger partial charge is 0.481 e. The number of aliphatic carboxylic acids is 1. The van der Waals surface area contributed by atoms with Gasteiger partial charge in [-0.15, -0.1) is 11.3 Å². The molecule has 1 unspecified atom stereocenters. The number of carboxylic acid groups (broad SMARTS) is 1. The molecule has 3 atom stereocenters. The number of aromatic nitrogens is 2. The maximum atomic E-state index is 12.6. The van der Waals surface area contributed by atoms with Crippen LogP contribution in [-0.2, 0) is 16.6 Å². The molecular weight excluding hydrogens is 356 g/mol. The molecule has 2 N–H and O–H groups in total. The van der Waals surface area contributed by atoms with E-state index in [1.165, 1.54) is 16.2 Å². The summed E-state index contributed by atoms with van der Waals surface area (Å²) in [5.41, 5.74) is 0.854. The highest BCUT2D eigenvalue weighted by Gasteiger charge is 2.38. The number of likely N-dealkylation sites (tertiary alicyclic amines) is 1. The molecule has 2 aromatic heterocycles. The summed E-state index contributed by atoms with van der Waals surface area (Å²) in [4.78, 5) is 39.2. The highest BCUT2D eigenvalue weighted by atomic mass is 32.1. The van der Waals surface area contributed by atoms with E-state index in [1.807, 2.05) is 20.9 Å². The summed E-state index contributed by atoms with van der Waals surface area (Å²) in [5, 5.41) is 17.2. The predicted octanol–water partition coefficient (Wildman–Crippen LogP) is 1.24. The van der Waals surface area contributed by atoms with Crippen molar-refractivity contribution in [3.8, 4) is 0 Å². The Morgan fingerprint density at radius 3 is 2.65 bits per heavy atom. The van der Waals surface area contributed by atoms with E-state index in [2.05, 4.69) is 10.4 Å². The molecule has 1 aliphatic heterocycles. The second-order valence-corrected chi connectivity index (χ2v) is 7.93. The van der Waals surface area contributed by atoms with Gasteiger partial charge in [-0.05, 0) is 25.8 Å². The molecule has 2 amide bonds. The van der Waals surface area contributed by atoms with Crippen molar-refractivity contribution >= 4 is 39.3 Å². The van der Waals surface area contributed by atoms with Gasteiger partial charge in [-0.3, -0.25) is 19.1 Å². The Hall–Kier alpha value is -2.42. The lowest BCUT2D eigenvalue weighted by atomic mass is 9.99. The van der Waals surface area contributed by atoms with Crippen molar-refractivity contribution in [2.45, 2.75) is 26.8 Å². The monoisotopic (exact) mass is 378 g/mol. The highest BCUT2D eigenvalue weighted by molar-refractivity contribution is 7.20. The Labute approximate surface area is 154 Å². The average molecular weight is 378 g/mol. The number of fused-ring (bicyclic) bond motifs is 1. The summed E-state index contributed by atoms with van der Waals surface area (Å²) in [6.07, 6.45) is 0. The van der Waals surface area contributed by atoms with E-state index in [0.29, 0.717) is 11.4 Å². The topological polar surface area (TPSA) is 105 Å². The first-order valence-corrected chi connectivity index (χ1v) is 9.26. The average Bonchev–Trinajstić information content (AvgIpc) is 3.23. The van der Waals surface area contributed by atoms with Crippen molar-refractivity contribution in [2.75, 3.05) is 13.1 Å². The number of hydrogen-bond donors (Lipinski definition) is 2. The molecule has 0 spiro atoms. The molecule has 1 aliphatic rings. The standard InChI is InChI=1S/C17H22N4O4S/c1-8-6-21(7-12(8)17(24)25)15(23)10(3)18-14(22)13-5-11-9(2)19-20(4)16(11)26-13/h5,8,10,12H,6-7H2,1-4H3,(H,18,22)(H,24,25)/t8-,10?,12-/m1/s1. The molecule has 3 heterocycles. The molecule has 0 saturated carbocycles. The Bertz CT molecular complexity index is 852. The van der Waals surface area contributed by atoms with Crippen molar-refractivity contribution in [1.29, 1.82) is 0 Å². The second-order valence-electron chi connectivity index (χ2n) is 6.90. The van der Waals surface area contributed by atoms with Crippen molar-refractivity contribution in [3.63, 3.8) is 0 Å². The van der Waals surface area contributed by atoms with Gasteiger partial charge in [0.1, 0.15) is 10.9 Å². The number of rotatable bonds is 4. The third-order valence-corrected chi connectivity index (χ3v) is 6.08. The molecule has 1 saturated heterocycles. The van der Waals surface area contributed by atoms with Gasteiger partial charge in [0.15, 0.2) is 0 Å². The number of nitrogens with zero attached hydrogens (tertiary/aromatic N) is 3. The Morgan fingerprint density at radius 2 is 2.08 bits per heavy atom. The minimum Gasteiger partial charge on any atom is -0.481 e. The number of carbonyl (C=O) groups is 3. The summed E-state index contributed by atoms with van der Waals surface area (Å²) in [5.74, 6) is -2.11. The summed E-state index contributed by atoms with van der Waals surface area (Å²) < 4.78 is 1.73. The maximum absolute atomic E-state index is 12.6. The molecule has 3 rings (SSSR count). The Morgan fingerprint density at radius 1 is 1.38 bits per heavy atom. The number of hydrogen-bond acceptors (Lipinski definition) is 5. The van der Waals surface area contributed by atoms with Crippen LogP contribution in [0.2, 0.25) is 0 Å². The molecule has 26 heavy (non-hydrogen) atoms. The van der Waals surface area contributed by atoms with E-state index in [1.54, 1.807) is 17.7 Å². The smallest absolute Gasteiger partial charge is 0.308 e. The van der Waals surface area contributed by atoms with Crippen LogP contribution in [0.5, 0.6) is 0 Å². The van der Waals surface area contributed by atoms with Crippen molar-refractivity contribution in [1.82, 2.24) is 20.0 Å². The summed E-state index contributed by atoms with van der Waals surface area (Å²) in [6, 6.07) is 1.07. The van der Waals surface area contributed by atoms with Crippen molar-refractivity contribution < 1.29 is 19.5 Å². The van der Waals surface area contributed by atoms with Gasteiger partial charge in [0.2, 0.25) is 5.91 Å². The number of nitrogens with one attached hydrogen (secondary N) is 1. The van der Waals surface area contributed by atoms with E-state index < -0.39 is 17.9 Å². The number of thiophene rings is 1. The first-order valence-electron chi connectivity index (χ1n) is 8.44. The zero-order valence-electron chi connectivity index (χ0n) is 15.1. The van der Waals surface area contributed by atoms with E-state index in [0.717, 1.165) is 15.9 Å². The number of carbonyl (C=O) groups excluding carboxylic acids is 2. The van der Waals surface area contributed by atoms with Gasteiger partial charge in [-0.25, -0.2) is 0 Å². The number of amides is 2. The number of carboxylic acids is 1. The van der Waals surface area contributed by atoms with Crippen LogP contribution in [0.15, 0.2) is 6.07 Å². The first kappa shape index (κ1) is 18.4. The quantitative estimate of drug-likeness (QED) is 0.833. The summed E-state index contributed by atoms with van der Waals surface area (Å²) in [6.45, 7) is 5.91. The normalized spacial score (nSPS) is 21.2. The minimum absolute atomic E-state index is 0.0996. The fourth-order valence-electron chi connectivity index (χ4n) is 3.39. The van der Waals surface area contributed by atoms with Crippen LogP contribution in [0, 0.1) is 18.8 Å². The molecule has 8 nitrogen and oxygen atoms in total. The van der Waals surface area contributed by atoms with E-state index in [-0.39, 0.29) is 24.3 Å². The van der Waals surface area contributed by atoms with Gasteiger partial charge in [0, 0.05) is 25.5 Å². The molecule has 1 fully saturated rings. The van der Waals surface area contributed by atoms with Gasteiger partial charge in [-0.2, -0.15) is 5.10 Å². The molecule has 0 bridgehead atoms. The molecule has 9 heteroatoms. The van der Waals surface area contributed by atoms with Gasteiger partial charge >= 0.3 is 5.97 Å². The van der Waals surface area contributed by atoms with Crippen LogP contribution in [-0.4, -0.2) is 56.7 Å². The van der Waals surface area contributed by atoms with Crippen LogP contribution < -0.4 is 5.32 Å². The van der Waals surface area contributed by atoms with Crippen LogP contribution in [0.25, 0.3) is 10.2 Å². The van der Waals surface area contributed by atoms with Crippen LogP contribution in [0.3, 0.4) is 0 Å². The first-order chi connectivity index (χ1) is 12.2. The van der Waals surface area contributed by atoms with Crippen molar-refractivity contribution in [3.05, 3.63) is 16.6 Å². The summed E-state index contributed by atoms with van der Waals surface area (Å²) in [7, 11) is 1.83. The molecule has 0 radical (unpaired) electrons. The SMILES string of the molecule is Cc1nn(C)c2sc(C(=O)NC(C)C(=O)N3C[C@@H](C)[C@H](C(=O)O)C3)cc12. The van der Waals surface area contributed by atoms with E-state index in [9.17, 15) is 19.5 Å². The lowest BCUT2D eigenvalue weighted by Gasteiger charge is -2.21. The van der Waals surface area contributed by atoms with Crippen LogP contribution in [0.1, 0.15) is 29.2 Å². The predicted molar refractivity (Wildman–Crippen MR) is 97.1 cm³/mol. The van der Waals surface area contributed by atoms with Gasteiger partial charge < -0.3 is 15.3 Å². The maximum Gasteiger partial charge on any atom is 0.308 e. The fraction of sp³-hybridized carbons (Fsp3) is 0.529. The highest BCUT2D eigenvalue weighted by Crippen LogP contribution is 2.28. The number of aryl methyl sites for hydroxylation is 2. The summed E-state index contributed by atoms with van der Waals surface area (Å²) >= 11 is 1.33. The lowest BCUT2D eigenvalue weighted by Crippen LogP contribution is -2.46. The van der Waals surface area contributed by atoms with E-state index >= 15 is 0 Å². The Kier molecular flexibility index (Phi) is 4.74. The van der Waals surface area contributed by atoms with Gasteiger partial charge in [0.05, 0.1) is 16.5 Å². The molecule has 140 valence electrons. The fourth-order valence-corrected chi connectivity index (χ4v) is 4.41. The zero-order chi connectivity index (χ0) is 19.2. The third-order valence-electron chi connectivity index (χ3n) is 4.88. The molecule has 2 aromatic rings. The molecular formula is C17H22N4O4S. The minimum atomic E-state index is -0.890. The van der Waals surface area contributed by atoms with Crippen LogP contribution in [0.4, 0.5) is 0 Å². The third kappa shape index (κ3) is 3.18.